The lowest BCUT2D eigenvalue weighted by atomic mass is 10.1. The van der Waals surface area contributed by atoms with Gasteiger partial charge in [-0.2, -0.15) is 5.10 Å². The number of anilines is 1. The molecule has 1 heterocycles. The van der Waals surface area contributed by atoms with Crippen LogP contribution in [0.4, 0.5) is 11.4 Å². The second-order valence-electron chi connectivity index (χ2n) is 5.30. The van der Waals surface area contributed by atoms with Gasteiger partial charge in [-0.1, -0.05) is 18.2 Å². The lowest BCUT2D eigenvalue weighted by Gasteiger charge is -2.06. The number of carbonyl (C=O) groups is 1. The number of carbonyl (C=O) groups excluding carboxylic acids is 1. The highest BCUT2D eigenvalue weighted by Gasteiger charge is 2.16. The molecule has 24 heavy (non-hydrogen) atoms. The number of nitro groups is 1. The third-order valence-electron chi connectivity index (χ3n) is 3.74. The van der Waals surface area contributed by atoms with Crippen LogP contribution in [0.3, 0.4) is 0 Å². The van der Waals surface area contributed by atoms with E-state index >= 15 is 0 Å². The molecule has 0 fully saturated rings. The van der Waals surface area contributed by atoms with E-state index in [2.05, 4.69) is 10.4 Å². The number of aryl methyl sites for hydroxylation is 1. The molecule has 0 saturated carbocycles. The van der Waals surface area contributed by atoms with Crippen molar-refractivity contribution in [2.45, 2.75) is 6.54 Å². The maximum Gasteiger partial charge on any atom is 0.270 e. The fraction of sp³-hybridized carbons (Fsp3) is 0.125. The second kappa shape index (κ2) is 5.99. The Morgan fingerprint density at radius 3 is 2.83 bits per heavy atom. The molecule has 3 aromatic rings. The van der Waals surface area contributed by atoms with Crippen LogP contribution in [0.15, 0.2) is 42.5 Å². The highest BCUT2D eigenvalue weighted by atomic mass is 16.6. The summed E-state index contributed by atoms with van der Waals surface area (Å²) >= 11 is 0. The van der Waals surface area contributed by atoms with E-state index in [1.54, 1.807) is 4.68 Å². The van der Waals surface area contributed by atoms with E-state index in [9.17, 15) is 14.9 Å². The summed E-state index contributed by atoms with van der Waals surface area (Å²) in [5, 5.41) is 18.9. The number of benzene rings is 2. The molecule has 0 atom stereocenters. The average Bonchev–Trinajstić information content (AvgIpc) is 2.89. The highest BCUT2D eigenvalue weighted by Crippen LogP contribution is 2.20. The molecule has 2 aromatic carbocycles. The first kappa shape index (κ1) is 15.5. The largest absolute Gasteiger partial charge is 0.398 e. The molecule has 0 aliphatic rings. The van der Waals surface area contributed by atoms with Crippen molar-refractivity contribution in [2.75, 3.05) is 5.73 Å². The maximum atomic E-state index is 12.3. The lowest BCUT2D eigenvalue weighted by molar-refractivity contribution is -0.384. The van der Waals surface area contributed by atoms with Crippen LogP contribution < -0.4 is 11.1 Å². The van der Waals surface area contributed by atoms with Crippen LogP contribution in [-0.4, -0.2) is 20.6 Å². The molecule has 8 nitrogen and oxygen atoms in total. The fourth-order valence-corrected chi connectivity index (χ4v) is 2.53. The maximum absolute atomic E-state index is 12.3. The molecule has 0 bridgehead atoms. The van der Waals surface area contributed by atoms with Crippen LogP contribution in [0.5, 0.6) is 0 Å². The molecule has 0 saturated heterocycles. The number of nitrogens with two attached hydrogens (primary N) is 1. The number of rotatable bonds is 4. The molecule has 3 N–H and O–H groups in total. The van der Waals surface area contributed by atoms with Crippen LogP contribution >= 0.6 is 0 Å². The fourth-order valence-electron chi connectivity index (χ4n) is 2.53. The number of amides is 1. The Kier molecular flexibility index (Phi) is 3.87. The number of nitro benzene ring substituents is 1. The first-order valence-corrected chi connectivity index (χ1v) is 7.20. The Bertz CT molecular complexity index is 948. The zero-order chi connectivity index (χ0) is 17.3. The first-order chi connectivity index (χ1) is 11.5. The van der Waals surface area contributed by atoms with Crippen LogP contribution in [0.2, 0.25) is 0 Å². The van der Waals surface area contributed by atoms with Gasteiger partial charge in [-0.3, -0.25) is 19.6 Å². The molecule has 0 spiro atoms. The van der Waals surface area contributed by atoms with E-state index in [-0.39, 0.29) is 23.5 Å². The summed E-state index contributed by atoms with van der Waals surface area (Å²) in [5.74, 6) is -0.481. The van der Waals surface area contributed by atoms with Crippen molar-refractivity contribution in [3.8, 4) is 0 Å². The minimum Gasteiger partial charge on any atom is -0.398 e. The molecule has 1 aromatic heterocycles. The van der Waals surface area contributed by atoms with E-state index in [1.165, 1.54) is 18.2 Å². The molecule has 0 unspecified atom stereocenters. The standard InChI is InChI=1S/C16H15N5O3/c1-20-15-5-3-2-4-11(15)14(19-20)9-18-16(22)12-8-10(21(23)24)6-7-13(12)17/h2-8H,9,17H2,1H3,(H,18,22). The van der Waals surface area contributed by atoms with E-state index < -0.39 is 10.8 Å². The predicted molar refractivity (Wildman–Crippen MR) is 89.4 cm³/mol. The van der Waals surface area contributed by atoms with Crippen LogP contribution in [0, 0.1) is 10.1 Å². The van der Waals surface area contributed by atoms with Crippen LogP contribution in [-0.2, 0) is 13.6 Å². The van der Waals surface area contributed by atoms with Gasteiger partial charge >= 0.3 is 0 Å². The van der Waals surface area contributed by atoms with Crippen molar-refractivity contribution >= 4 is 28.2 Å². The van der Waals surface area contributed by atoms with Gasteiger partial charge in [0.2, 0.25) is 0 Å². The number of hydrogen-bond donors (Lipinski definition) is 2. The number of aromatic nitrogens is 2. The molecule has 0 aliphatic heterocycles. The monoisotopic (exact) mass is 325 g/mol. The van der Waals surface area contributed by atoms with Gasteiger partial charge in [0.1, 0.15) is 0 Å². The molecular formula is C16H15N5O3. The highest BCUT2D eigenvalue weighted by molar-refractivity contribution is 5.99. The van der Waals surface area contributed by atoms with Gasteiger partial charge in [0.25, 0.3) is 11.6 Å². The van der Waals surface area contributed by atoms with Gasteiger partial charge in [-0.25, -0.2) is 0 Å². The Morgan fingerprint density at radius 1 is 1.33 bits per heavy atom. The average molecular weight is 325 g/mol. The van der Waals surface area contributed by atoms with Crippen molar-refractivity contribution in [1.82, 2.24) is 15.1 Å². The smallest absolute Gasteiger partial charge is 0.270 e. The first-order valence-electron chi connectivity index (χ1n) is 7.20. The van der Waals surface area contributed by atoms with Gasteiger partial charge in [-0.05, 0) is 12.1 Å². The summed E-state index contributed by atoms with van der Waals surface area (Å²) in [6.07, 6.45) is 0. The lowest BCUT2D eigenvalue weighted by Crippen LogP contribution is -2.24. The molecule has 8 heteroatoms. The minimum absolute atomic E-state index is 0.0736. The number of nitrogens with zero attached hydrogens (tertiary/aromatic N) is 3. The molecule has 0 aliphatic carbocycles. The number of para-hydroxylation sites is 1. The van der Waals surface area contributed by atoms with Gasteiger partial charge in [-0.15, -0.1) is 0 Å². The number of hydrogen-bond acceptors (Lipinski definition) is 5. The van der Waals surface area contributed by atoms with Crippen molar-refractivity contribution in [1.29, 1.82) is 0 Å². The summed E-state index contributed by atoms with van der Waals surface area (Å²) in [5.41, 5.74) is 7.49. The summed E-state index contributed by atoms with van der Waals surface area (Å²) in [4.78, 5) is 22.6. The molecular weight excluding hydrogens is 310 g/mol. The van der Waals surface area contributed by atoms with Gasteiger partial charge in [0, 0.05) is 30.3 Å². The van der Waals surface area contributed by atoms with E-state index in [0.29, 0.717) is 5.69 Å². The molecule has 0 radical (unpaired) electrons. The zero-order valence-electron chi connectivity index (χ0n) is 12.9. The van der Waals surface area contributed by atoms with Crippen molar-refractivity contribution in [3.63, 3.8) is 0 Å². The third kappa shape index (κ3) is 2.76. The Labute approximate surface area is 137 Å². The SMILES string of the molecule is Cn1nc(CNC(=O)c2cc([N+](=O)[O-])ccc2N)c2ccccc21. The van der Waals surface area contributed by atoms with Gasteiger partial charge in [0.15, 0.2) is 0 Å². The molecule has 1 amide bonds. The summed E-state index contributed by atoms with van der Waals surface area (Å²) in [6.45, 7) is 0.197. The molecule has 3 rings (SSSR count). The number of nitrogen functional groups attached to an aromatic ring is 1. The number of fused-ring (bicyclic) bond motifs is 1. The third-order valence-corrected chi connectivity index (χ3v) is 3.74. The second-order valence-corrected chi connectivity index (χ2v) is 5.30. The van der Waals surface area contributed by atoms with Crippen molar-refractivity contribution in [3.05, 3.63) is 63.8 Å². The van der Waals surface area contributed by atoms with Crippen molar-refractivity contribution in [2.24, 2.45) is 7.05 Å². The summed E-state index contributed by atoms with van der Waals surface area (Å²) < 4.78 is 1.73. The van der Waals surface area contributed by atoms with Gasteiger partial charge in [0.05, 0.1) is 28.2 Å². The zero-order valence-corrected chi connectivity index (χ0v) is 12.9. The quantitative estimate of drug-likeness (QED) is 0.432. The Morgan fingerprint density at radius 2 is 2.08 bits per heavy atom. The van der Waals surface area contributed by atoms with Crippen molar-refractivity contribution < 1.29 is 9.72 Å². The molecule has 122 valence electrons. The normalized spacial score (nSPS) is 10.7. The van der Waals surface area contributed by atoms with E-state index in [1.807, 2.05) is 31.3 Å². The van der Waals surface area contributed by atoms with Crippen LogP contribution in [0.25, 0.3) is 10.9 Å². The van der Waals surface area contributed by atoms with Crippen LogP contribution in [0.1, 0.15) is 16.1 Å². The summed E-state index contributed by atoms with van der Waals surface area (Å²) in [7, 11) is 1.83. The number of nitrogens with one attached hydrogen (secondary N) is 1. The topological polar surface area (TPSA) is 116 Å². The minimum atomic E-state index is -0.567. The van der Waals surface area contributed by atoms with E-state index in [0.717, 1.165) is 10.9 Å². The Hall–Kier alpha value is -3.42. The summed E-state index contributed by atoms with van der Waals surface area (Å²) in [6, 6.07) is 11.4. The predicted octanol–water partition coefficient (Wildman–Crippen LogP) is 1.99. The van der Waals surface area contributed by atoms with E-state index in [4.69, 9.17) is 5.73 Å². The Balaban J connectivity index is 1.83. The van der Waals surface area contributed by atoms with Gasteiger partial charge < -0.3 is 11.1 Å². The number of non-ortho nitro benzene ring substituents is 1.